The summed E-state index contributed by atoms with van der Waals surface area (Å²) in [5.41, 5.74) is 0.801. The van der Waals surface area contributed by atoms with Gasteiger partial charge in [-0.1, -0.05) is 0 Å². The van der Waals surface area contributed by atoms with E-state index in [0.29, 0.717) is 22.8 Å². The van der Waals surface area contributed by atoms with Crippen LogP contribution in [0.3, 0.4) is 0 Å². The van der Waals surface area contributed by atoms with Crippen LogP contribution in [0.5, 0.6) is 11.6 Å². The number of hydrogen-bond acceptors (Lipinski definition) is 4. The first-order valence-electron chi connectivity index (χ1n) is 4.77. The Balaban J connectivity index is 2.42. The lowest BCUT2D eigenvalue weighted by Gasteiger charge is -2.07. The maximum absolute atomic E-state index is 8.94. The molecule has 1 aromatic heterocycles. The summed E-state index contributed by atoms with van der Waals surface area (Å²) >= 11 is 0. The van der Waals surface area contributed by atoms with Crippen molar-refractivity contribution in [1.82, 2.24) is 9.78 Å². The van der Waals surface area contributed by atoms with Gasteiger partial charge in [0.25, 0.3) is 0 Å². The van der Waals surface area contributed by atoms with Gasteiger partial charge in [-0.25, -0.2) is 4.68 Å². The molecule has 2 rings (SSSR count). The minimum absolute atomic E-state index is 0.337. The van der Waals surface area contributed by atoms with Gasteiger partial charge in [0.05, 0.1) is 17.2 Å². The SMILES string of the molecule is Cn1n[c]cc1Oc1cc(C#N)ccc1C#N. The Morgan fingerprint density at radius 2 is 2.18 bits per heavy atom. The van der Waals surface area contributed by atoms with Crippen LogP contribution in [0.15, 0.2) is 24.3 Å². The summed E-state index contributed by atoms with van der Waals surface area (Å²) < 4.78 is 7.00. The third-order valence-electron chi connectivity index (χ3n) is 2.16. The van der Waals surface area contributed by atoms with Crippen LogP contribution in [0.1, 0.15) is 11.1 Å². The molecule has 2 aromatic rings. The molecule has 0 spiro atoms. The Labute approximate surface area is 98.1 Å². The van der Waals surface area contributed by atoms with Crippen molar-refractivity contribution in [2.24, 2.45) is 7.05 Å². The van der Waals surface area contributed by atoms with Crippen molar-refractivity contribution in [2.75, 3.05) is 0 Å². The molecule has 17 heavy (non-hydrogen) atoms. The number of rotatable bonds is 2. The minimum atomic E-state index is 0.337. The summed E-state index contributed by atoms with van der Waals surface area (Å²) in [5.74, 6) is 0.792. The number of aromatic nitrogens is 2. The molecule has 81 valence electrons. The number of nitriles is 2. The van der Waals surface area contributed by atoms with Crippen molar-refractivity contribution in [1.29, 1.82) is 10.5 Å². The molecule has 0 aliphatic carbocycles. The normalized spacial score (nSPS) is 9.35. The molecule has 5 heteroatoms. The molecule has 0 unspecified atom stereocenters. The lowest BCUT2D eigenvalue weighted by Crippen LogP contribution is -1.96. The van der Waals surface area contributed by atoms with Crippen molar-refractivity contribution in [3.8, 4) is 23.8 Å². The topological polar surface area (TPSA) is 74.6 Å². The summed E-state index contributed by atoms with van der Waals surface area (Å²) in [7, 11) is 1.70. The smallest absolute Gasteiger partial charge is 0.218 e. The van der Waals surface area contributed by atoms with E-state index in [9.17, 15) is 0 Å². The van der Waals surface area contributed by atoms with Gasteiger partial charge >= 0.3 is 0 Å². The largest absolute Gasteiger partial charge is 0.438 e. The highest BCUT2D eigenvalue weighted by atomic mass is 16.5. The second-order valence-corrected chi connectivity index (χ2v) is 3.27. The maximum Gasteiger partial charge on any atom is 0.218 e. The minimum Gasteiger partial charge on any atom is -0.438 e. The van der Waals surface area contributed by atoms with Crippen molar-refractivity contribution >= 4 is 0 Å². The van der Waals surface area contributed by atoms with Gasteiger partial charge in [-0.15, -0.1) is 0 Å². The molecule has 0 saturated carbocycles. The van der Waals surface area contributed by atoms with Gasteiger partial charge < -0.3 is 4.74 Å². The summed E-state index contributed by atoms with van der Waals surface area (Å²) in [6, 6.07) is 10.2. The van der Waals surface area contributed by atoms with E-state index in [-0.39, 0.29) is 0 Å². The number of hydrogen-bond donors (Lipinski definition) is 0. The molecule has 0 amide bonds. The van der Waals surface area contributed by atoms with E-state index in [1.807, 2.05) is 12.1 Å². The molecule has 0 aliphatic heterocycles. The zero-order valence-corrected chi connectivity index (χ0v) is 9.01. The first-order chi connectivity index (χ1) is 8.24. The van der Waals surface area contributed by atoms with Crippen LogP contribution >= 0.6 is 0 Å². The van der Waals surface area contributed by atoms with Crippen LogP contribution in [0, 0.1) is 28.9 Å². The number of ether oxygens (including phenoxy) is 1. The second kappa shape index (κ2) is 4.38. The Morgan fingerprint density at radius 1 is 1.35 bits per heavy atom. The Kier molecular flexibility index (Phi) is 2.76. The summed E-state index contributed by atoms with van der Waals surface area (Å²) in [6.45, 7) is 0. The monoisotopic (exact) mass is 223 g/mol. The molecular weight excluding hydrogens is 216 g/mol. The molecule has 0 atom stereocenters. The van der Waals surface area contributed by atoms with Gasteiger partial charge in [0, 0.05) is 13.1 Å². The highest BCUT2D eigenvalue weighted by Gasteiger charge is 2.08. The Morgan fingerprint density at radius 3 is 2.76 bits per heavy atom. The van der Waals surface area contributed by atoms with E-state index in [1.54, 1.807) is 25.2 Å². The molecular formula is C12H7N4O. The van der Waals surface area contributed by atoms with Crippen molar-refractivity contribution in [3.63, 3.8) is 0 Å². The highest BCUT2D eigenvalue weighted by molar-refractivity contribution is 5.49. The Hall–Kier alpha value is -2.79. The first kappa shape index (κ1) is 10.7. The van der Waals surface area contributed by atoms with Crippen LogP contribution < -0.4 is 4.74 Å². The fraction of sp³-hybridized carbons (Fsp3) is 0.0833. The van der Waals surface area contributed by atoms with Crippen LogP contribution in [0.25, 0.3) is 0 Å². The van der Waals surface area contributed by atoms with Gasteiger partial charge in [-0.05, 0) is 18.2 Å². The standard InChI is InChI=1S/C12H7N4O/c1-16-12(4-5-15-16)17-11-6-9(7-13)2-3-10(11)8-14/h2-4,6H,1H3. The lowest BCUT2D eigenvalue weighted by molar-refractivity contribution is 0.429. The average Bonchev–Trinajstić information content (AvgIpc) is 2.75. The quantitative estimate of drug-likeness (QED) is 0.777. The van der Waals surface area contributed by atoms with Crippen LogP contribution in [0.2, 0.25) is 0 Å². The third-order valence-corrected chi connectivity index (χ3v) is 2.16. The molecule has 1 aromatic carbocycles. The van der Waals surface area contributed by atoms with E-state index in [0.717, 1.165) is 0 Å². The third kappa shape index (κ3) is 2.09. The van der Waals surface area contributed by atoms with Crippen LogP contribution in [0.4, 0.5) is 0 Å². The molecule has 1 heterocycles. The van der Waals surface area contributed by atoms with Gasteiger partial charge in [-0.3, -0.25) is 0 Å². The van der Waals surface area contributed by atoms with Crippen LogP contribution in [-0.4, -0.2) is 9.78 Å². The molecule has 0 aliphatic rings. The Bertz CT molecular complexity index is 631. The van der Waals surface area contributed by atoms with E-state index >= 15 is 0 Å². The predicted octanol–water partition coefficient (Wildman–Crippen LogP) is 1.76. The molecule has 5 nitrogen and oxygen atoms in total. The van der Waals surface area contributed by atoms with E-state index in [1.165, 1.54) is 10.7 Å². The number of nitrogens with zero attached hydrogens (tertiary/aromatic N) is 4. The fourth-order valence-corrected chi connectivity index (χ4v) is 1.29. The van der Waals surface area contributed by atoms with Gasteiger partial charge in [-0.2, -0.15) is 15.6 Å². The molecule has 0 N–H and O–H groups in total. The zero-order chi connectivity index (χ0) is 12.3. The molecule has 0 saturated heterocycles. The van der Waals surface area contributed by atoms with Gasteiger partial charge in [0.1, 0.15) is 18.0 Å². The van der Waals surface area contributed by atoms with Gasteiger partial charge in [0.2, 0.25) is 5.88 Å². The number of benzene rings is 1. The summed E-state index contributed by atoms with van der Waals surface area (Å²) in [4.78, 5) is 0. The molecule has 0 bridgehead atoms. The van der Waals surface area contributed by atoms with E-state index in [2.05, 4.69) is 11.3 Å². The molecule has 1 radical (unpaired) electrons. The average molecular weight is 223 g/mol. The molecule has 0 fully saturated rings. The zero-order valence-electron chi connectivity index (χ0n) is 9.01. The van der Waals surface area contributed by atoms with Crippen molar-refractivity contribution in [2.45, 2.75) is 0 Å². The van der Waals surface area contributed by atoms with E-state index < -0.39 is 0 Å². The highest BCUT2D eigenvalue weighted by Crippen LogP contribution is 2.25. The van der Waals surface area contributed by atoms with Gasteiger partial charge in [0.15, 0.2) is 0 Å². The maximum atomic E-state index is 8.94. The first-order valence-corrected chi connectivity index (χ1v) is 4.77. The van der Waals surface area contributed by atoms with E-state index in [4.69, 9.17) is 15.3 Å². The number of aryl methyl sites for hydroxylation is 1. The van der Waals surface area contributed by atoms with Crippen LogP contribution in [-0.2, 0) is 7.05 Å². The fourth-order valence-electron chi connectivity index (χ4n) is 1.29. The summed E-state index contributed by atoms with van der Waals surface area (Å²) in [6.07, 6.45) is 2.62. The predicted molar refractivity (Wildman–Crippen MR) is 58.0 cm³/mol. The summed E-state index contributed by atoms with van der Waals surface area (Å²) in [5, 5.41) is 21.6. The van der Waals surface area contributed by atoms with Crippen molar-refractivity contribution in [3.05, 3.63) is 41.6 Å². The second-order valence-electron chi connectivity index (χ2n) is 3.27. The van der Waals surface area contributed by atoms with Crippen molar-refractivity contribution < 1.29 is 4.74 Å². The lowest BCUT2D eigenvalue weighted by atomic mass is 10.1.